The lowest BCUT2D eigenvalue weighted by Gasteiger charge is -2.14. The molecule has 0 unspecified atom stereocenters. The Bertz CT molecular complexity index is 532. The van der Waals surface area contributed by atoms with Gasteiger partial charge in [0, 0.05) is 12.1 Å². The van der Waals surface area contributed by atoms with E-state index in [0.29, 0.717) is 18.0 Å². The summed E-state index contributed by atoms with van der Waals surface area (Å²) in [5.41, 5.74) is 5.37. The summed E-state index contributed by atoms with van der Waals surface area (Å²) >= 11 is 6.07. The molecule has 116 valence electrons. The highest BCUT2D eigenvalue weighted by Crippen LogP contribution is 2.36. The summed E-state index contributed by atoms with van der Waals surface area (Å²) in [5, 5.41) is 2.95. The van der Waals surface area contributed by atoms with Gasteiger partial charge in [-0.3, -0.25) is 9.59 Å². The Balaban J connectivity index is 2.97. The van der Waals surface area contributed by atoms with Gasteiger partial charge in [0.25, 0.3) is 11.8 Å². The fraction of sp³-hybridized carbons (Fsp3) is 0.429. The van der Waals surface area contributed by atoms with Gasteiger partial charge in [-0.25, -0.2) is 0 Å². The van der Waals surface area contributed by atoms with Crippen LogP contribution in [0.15, 0.2) is 12.1 Å². The van der Waals surface area contributed by atoms with Gasteiger partial charge in [0.1, 0.15) is 0 Å². The molecule has 0 atom stereocenters. The number of methoxy groups -OCH3 is 1. The lowest BCUT2D eigenvalue weighted by atomic mass is 10.1. The zero-order valence-electron chi connectivity index (χ0n) is 12.2. The summed E-state index contributed by atoms with van der Waals surface area (Å²) in [6.45, 7) is 4.22. The number of hydrogen-bond donors (Lipinski definition) is 2. The van der Waals surface area contributed by atoms with E-state index in [0.717, 1.165) is 0 Å². The average Bonchev–Trinajstić information content (AvgIpc) is 2.42. The first-order chi connectivity index (χ1) is 9.85. The van der Waals surface area contributed by atoms with Gasteiger partial charge in [-0.15, -0.1) is 0 Å². The van der Waals surface area contributed by atoms with E-state index in [4.69, 9.17) is 26.8 Å². The SMILES string of the molecule is COc1cc(C(=O)NCC(C)C)cc(Cl)c1OCC(N)=O. The molecule has 0 aliphatic carbocycles. The number of nitrogens with two attached hydrogens (primary N) is 1. The van der Waals surface area contributed by atoms with Crippen LogP contribution in [-0.4, -0.2) is 32.1 Å². The maximum atomic E-state index is 12.0. The number of carbonyl (C=O) groups is 2. The van der Waals surface area contributed by atoms with E-state index in [1.165, 1.54) is 19.2 Å². The molecule has 2 amide bonds. The molecule has 0 spiro atoms. The number of nitrogens with one attached hydrogen (secondary N) is 1. The number of rotatable bonds is 7. The van der Waals surface area contributed by atoms with Crippen molar-refractivity contribution in [3.05, 3.63) is 22.7 Å². The summed E-state index contributed by atoms with van der Waals surface area (Å²) in [6, 6.07) is 2.95. The van der Waals surface area contributed by atoms with Crippen molar-refractivity contribution >= 4 is 23.4 Å². The van der Waals surface area contributed by atoms with Gasteiger partial charge in [-0.2, -0.15) is 0 Å². The minimum atomic E-state index is -0.633. The van der Waals surface area contributed by atoms with Crippen LogP contribution in [0.3, 0.4) is 0 Å². The maximum absolute atomic E-state index is 12.0. The Labute approximate surface area is 128 Å². The third-order valence-corrected chi connectivity index (χ3v) is 2.80. The molecule has 0 aliphatic rings. The molecule has 1 aromatic rings. The largest absolute Gasteiger partial charge is 0.493 e. The van der Waals surface area contributed by atoms with Crippen molar-refractivity contribution in [2.45, 2.75) is 13.8 Å². The van der Waals surface area contributed by atoms with Crippen LogP contribution in [0.5, 0.6) is 11.5 Å². The highest BCUT2D eigenvalue weighted by molar-refractivity contribution is 6.32. The van der Waals surface area contributed by atoms with Gasteiger partial charge >= 0.3 is 0 Å². The molecule has 1 rings (SSSR count). The van der Waals surface area contributed by atoms with Crippen molar-refractivity contribution in [1.82, 2.24) is 5.32 Å². The van der Waals surface area contributed by atoms with Crippen molar-refractivity contribution in [3.8, 4) is 11.5 Å². The molecule has 3 N–H and O–H groups in total. The summed E-state index contributed by atoms with van der Waals surface area (Å²) in [4.78, 5) is 22.8. The van der Waals surface area contributed by atoms with Gasteiger partial charge in [0.05, 0.1) is 12.1 Å². The molecule has 0 heterocycles. The molecular weight excluding hydrogens is 296 g/mol. The minimum absolute atomic E-state index is 0.172. The maximum Gasteiger partial charge on any atom is 0.255 e. The molecule has 0 bridgehead atoms. The van der Waals surface area contributed by atoms with Crippen LogP contribution in [0.2, 0.25) is 5.02 Å². The first-order valence-electron chi connectivity index (χ1n) is 6.42. The number of hydrogen-bond acceptors (Lipinski definition) is 4. The van der Waals surface area contributed by atoms with Crippen LogP contribution in [-0.2, 0) is 4.79 Å². The molecule has 21 heavy (non-hydrogen) atoms. The van der Waals surface area contributed by atoms with Crippen molar-refractivity contribution < 1.29 is 19.1 Å². The summed E-state index contributed by atoms with van der Waals surface area (Å²) < 4.78 is 10.3. The fourth-order valence-corrected chi connectivity index (χ4v) is 1.80. The van der Waals surface area contributed by atoms with E-state index in [2.05, 4.69) is 5.32 Å². The standard InChI is InChI=1S/C14H19ClN2O4/c1-8(2)6-17-14(19)9-4-10(15)13(11(5-9)20-3)21-7-12(16)18/h4-5,8H,6-7H2,1-3H3,(H2,16,18)(H,17,19). The zero-order valence-corrected chi connectivity index (χ0v) is 13.0. The van der Waals surface area contributed by atoms with Crippen LogP contribution < -0.4 is 20.5 Å². The normalized spacial score (nSPS) is 10.3. The third-order valence-electron chi connectivity index (χ3n) is 2.52. The number of ether oxygens (including phenoxy) is 2. The Morgan fingerprint density at radius 1 is 1.38 bits per heavy atom. The first-order valence-corrected chi connectivity index (χ1v) is 6.79. The third kappa shape index (κ3) is 5.15. The van der Waals surface area contributed by atoms with Crippen LogP contribution in [0.4, 0.5) is 0 Å². The summed E-state index contributed by atoms with van der Waals surface area (Å²) in [5.74, 6) is -0.112. The molecule has 0 saturated carbocycles. The van der Waals surface area contributed by atoms with E-state index < -0.39 is 5.91 Å². The highest BCUT2D eigenvalue weighted by atomic mass is 35.5. The monoisotopic (exact) mass is 314 g/mol. The van der Waals surface area contributed by atoms with Crippen LogP contribution in [0.25, 0.3) is 0 Å². The Hall–Kier alpha value is -1.95. The first kappa shape index (κ1) is 17.1. The second kappa shape index (κ2) is 7.73. The quantitative estimate of drug-likeness (QED) is 0.799. The van der Waals surface area contributed by atoms with E-state index >= 15 is 0 Å². The molecule has 0 aromatic heterocycles. The zero-order chi connectivity index (χ0) is 16.0. The molecule has 0 saturated heterocycles. The number of primary amides is 1. The number of halogens is 1. The Morgan fingerprint density at radius 3 is 2.57 bits per heavy atom. The summed E-state index contributed by atoms with van der Waals surface area (Å²) in [7, 11) is 1.42. The highest BCUT2D eigenvalue weighted by Gasteiger charge is 2.16. The smallest absolute Gasteiger partial charge is 0.255 e. The number of amides is 2. The van der Waals surface area contributed by atoms with Crippen molar-refractivity contribution in [2.75, 3.05) is 20.3 Å². The van der Waals surface area contributed by atoms with Gasteiger partial charge in [0.15, 0.2) is 18.1 Å². The average molecular weight is 315 g/mol. The second-order valence-corrected chi connectivity index (χ2v) is 5.26. The fourth-order valence-electron chi connectivity index (χ4n) is 1.53. The van der Waals surface area contributed by atoms with E-state index in [1.807, 2.05) is 13.8 Å². The van der Waals surface area contributed by atoms with Crippen molar-refractivity contribution in [3.63, 3.8) is 0 Å². The van der Waals surface area contributed by atoms with Gasteiger partial charge < -0.3 is 20.5 Å². The Kier molecular flexibility index (Phi) is 6.30. The van der Waals surface area contributed by atoms with Crippen molar-refractivity contribution in [1.29, 1.82) is 0 Å². The minimum Gasteiger partial charge on any atom is -0.493 e. The van der Waals surface area contributed by atoms with Gasteiger partial charge in [0.2, 0.25) is 0 Å². The lowest BCUT2D eigenvalue weighted by Crippen LogP contribution is -2.27. The van der Waals surface area contributed by atoms with Crippen LogP contribution in [0, 0.1) is 5.92 Å². The molecule has 0 radical (unpaired) electrons. The summed E-state index contributed by atoms with van der Waals surface area (Å²) in [6.07, 6.45) is 0. The van der Waals surface area contributed by atoms with Crippen molar-refractivity contribution in [2.24, 2.45) is 11.7 Å². The number of benzene rings is 1. The molecule has 6 nitrogen and oxygen atoms in total. The second-order valence-electron chi connectivity index (χ2n) is 4.85. The molecule has 0 fully saturated rings. The number of carbonyl (C=O) groups excluding carboxylic acids is 2. The molecular formula is C14H19ClN2O4. The van der Waals surface area contributed by atoms with E-state index in [-0.39, 0.29) is 29.0 Å². The predicted octanol–water partition coefficient (Wildman–Crippen LogP) is 1.60. The molecule has 7 heteroatoms. The van der Waals surface area contributed by atoms with E-state index in [9.17, 15) is 9.59 Å². The van der Waals surface area contributed by atoms with Gasteiger partial charge in [-0.1, -0.05) is 25.4 Å². The van der Waals surface area contributed by atoms with Crippen LogP contribution >= 0.6 is 11.6 Å². The topological polar surface area (TPSA) is 90.7 Å². The van der Waals surface area contributed by atoms with E-state index in [1.54, 1.807) is 0 Å². The lowest BCUT2D eigenvalue weighted by molar-refractivity contribution is -0.119. The van der Waals surface area contributed by atoms with Gasteiger partial charge in [-0.05, 0) is 18.1 Å². The Morgan fingerprint density at radius 2 is 2.05 bits per heavy atom. The van der Waals surface area contributed by atoms with Crippen LogP contribution in [0.1, 0.15) is 24.2 Å². The molecule has 1 aromatic carbocycles. The predicted molar refractivity (Wildman–Crippen MR) is 79.9 cm³/mol. The molecule has 0 aliphatic heterocycles.